The van der Waals surface area contributed by atoms with Gasteiger partial charge < -0.3 is 0 Å². The molecule has 1 aromatic heterocycles. The van der Waals surface area contributed by atoms with Gasteiger partial charge in [-0.05, 0) is 11.1 Å². The van der Waals surface area contributed by atoms with Gasteiger partial charge in [-0.15, -0.1) is 10.2 Å². The molecule has 0 atom stereocenters. The molecule has 0 fully saturated rings. The Balaban J connectivity index is 0.000000644. The molecule has 0 saturated carbocycles. The van der Waals surface area contributed by atoms with Crippen molar-refractivity contribution in [3.8, 4) is 32.3 Å². The van der Waals surface area contributed by atoms with Gasteiger partial charge in [-0.3, -0.25) is 0 Å². The number of hydrogen-bond acceptors (Lipinski definition) is 3. The third kappa shape index (κ3) is 6.95. The first-order valence-electron chi connectivity index (χ1n) is 10.4. The zero-order valence-corrected chi connectivity index (χ0v) is 19.2. The van der Waals surface area contributed by atoms with Crippen molar-refractivity contribution in [2.45, 2.75) is 41.5 Å². The molecule has 0 unspecified atom stereocenters. The molecule has 3 heteroatoms. The molecule has 0 spiro atoms. The van der Waals surface area contributed by atoms with E-state index >= 15 is 0 Å². The van der Waals surface area contributed by atoms with E-state index in [1.54, 1.807) is 11.3 Å². The van der Waals surface area contributed by atoms with Crippen molar-refractivity contribution in [2.24, 2.45) is 0 Å². The van der Waals surface area contributed by atoms with Crippen LogP contribution in [0.4, 0.5) is 0 Å². The van der Waals surface area contributed by atoms with E-state index in [1.807, 2.05) is 65.8 Å². The average molecular weight is 405 g/mol. The highest BCUT2D eigenvalue weighted by Crippen LogP contribution is 2.31. The zero-order valence-electron chi connectivity index (χ0n) is 18.4. The van der Waals surface area contributed by atoms with Gasteiger partial charge in [-0.1, -0.05) is 138 Å². The summed E-state index contributed by atoms with van der Waals surface area (Å²) in [6.45, 7) is 12.0. The van der Waals surface area contributed by atoms with Crippen molar-refractivity contribution in [3.63, 3.8) is 0 Å². The van der Waals surface area contributed by atoms with E-state index in [2.05, 4.69) is 70.9 Å². The molecular weight excluding hydrogens is 372 g/mol. The van der Waals surface area contributed by atoms with Crippen LogP contribution in [0.1, 0.15) is 41.5 Å². The van der Waals surface area contributed by atoms with Crippen LogP contribution in [0.25, 0.3) is 32.3 Å². The maximum atomic E-state index is 4.33. The van der Waals surface area contributed by atoms with Gasteiger partial charge in [0.1, 0.15) is 10.0 Å². The maximum Gasteiger partial charge on any atom is 0.148 e. The summed E-state index contributed by atoms with van der Waals surface area (Å²) in [7, 11) is 0. The Hall–Kier alpha value is -2.78. The highest BCUT2D eigenvalue weighted by molar-refractivity contribution is 7.17. The van der Waals surface area contributed by atoms with Crippen LogP contribution < -0.4 is 0 Å². The van der Waals surface area contributed by atoms with E-state index in [4.69, 9.17) is 0 Å². The molecule has 0 N–H and O–H groups in total. The molecule has 4 aromatic rings. The van der Waals surface area contributed by atoms with E-state index in [0.717, 1.165) is 21.1 Å². The smallest absolute Gasteiger partial charge is 0.138 e. The Bertz CT molecular complexity index is 898. The number of hydrogen-bond donors (Lipinski definition) is 0. The Morgan fingerprint density at radius 3 is 1.17 bits per heavy atom. The van der Waals surface area contributed by atoms with Crippen LogP contribution in [0, 0.1) is 0 Å². The zero-order chi connectivity index (χ0) is 21.5. The third-order valence-electron chi connectivity index (χ3n) is 3.68. The van der Waals surface area contributed by atoms with Crippen molar-refractivity contribution in [1.82, 2.24) is 10.2 Å². The van der Waals surface area contributed by atoms with E-state index < -0.39 is 0 Å². The molecule has 0 aliphatic heterocycles. The van der Waals surface area contributed by atoms with Gasteiger partial charge in [-0.25, -0.2) is 0 Å². The van der Waals surface area contributed by atoms with Gasteiger partial charge in [0, 0.05) is 11.1 Å². The first-order chi connectivity index (χ1) is 14.4. The quantitative estimate of drug-likeness (QED) is 0.341. The fraction of sp³-hybridized carbons (Fsp3) is 0.231. The molecule has 152 valence electrons. The molecule has 0 aliphatic carbocycles. The summed E-state index contributed by atoms with van der Waals surface area (Å²) in [6, 6.07) is 29.0. The second-order valence-electron chi connectivity index (χ2n) is 5.22. The second kappa shape index (κ2) is 14.3. The van der Waals surface area contributed by atoms with E-state index in [9.17, 15) is 0 Å². The standard InChI is InChI=1S/C20H14N2S.3C2H6/c1-3-7-15(8-4-1)16-11-13-18(14-12-16)20-22-21-19(23-20)17-9-5-2-6-10-17;3*1-2/h1-14H;3*1-2H3. The van der Waals surface area contributed by atoms with Gasteiger partial charge in [0.15, 0.2) is 0 Å². The third-order valence-corrected chi connectivity index (χ3v) is 4.71. The summed E-state index contributed by atoms with van der Waals surface area (Å²) in [6.07, 6.45) is 0. The number of nitrogens with zero attached hydrogens (tertiary/aromatic N) is 2. The minimum Gasteiger partial charge on any atom is -0.138 e. The molecule has 0 radical (unpaired) electrons. The van der Waals surface area contributed by atoms with Crippen LogP contribution >= 0.6 is 11.3 Å². The van der Waals surface area contributed by atoms with Gasteiger partial charge >= 0.3 is 0 Å². The molecule has 29 heavy (non-hydrogen) atoms. The predicted molar refractivity (Wildman–Crippen MR) is 130 cm³/mol. The summed E-state index contributed by atoms with van der Waals surface area (Å²) in [5.41, 5.74) is 4.64. The molecular formula is C26H32N2S. The highest BCUT2D eigenvalue weighted by atomic mass is 32.1. The molecule has 2 nitrogen and oxygen atoms in total. The minimum absolute atomic E-state index is 0.948. The Morgan fingerprint density at radius 1 is 0.414 bits per heavy atom. The fourth-order valence-electron chi connectivity index (χ4n) is 2.47. The average Bonchev–Trinajstić information content (AvgIpc) is 3.35. The summed E-state index contributed by atoms with van der Waals surface area (Å²) in [4.78, 5) is 0. The van der Waals surface area contributed by atoms with Crippen molar-refractivity contribution in [2.75, 3.05) is 0 Å². The molecule has 0 bridgehead atoms. The lowest BCUT2D eigenvalue weighted by atomic mass is 10.0. The Labute approximate surface area is 180 Å². The number of aromatic nitrogens is 2. The van der Waals surface area contributed by atoms with Crippen LogP contribution in [0.15, 0.2) is 84.9 Å². The first-order valence-corrected chi connectivity index (χ1v) is 11.3. The predicted octanol–water partition coefficient (Wildman–Crippen LogP) is 8.62. The van der Waals surface area contributed by atoms with Crippen molar-refractivity contribution < 1.29 is 0 Å². The molecule has 0 saturated heterocycles. The lowest BCUT2D eigenvalue weighted by molar-refractivity contribution is 1.10. The number of rotatable bonds is 3. The molecule has 3 aromatic carbocycles. The summed E-state index contributed by atoms with van der Waals surface area (Å²) >= 11 is 1.62. The monoisotopic (exact) mass is 404 g/mol. The number of benzene rings is 3. The summed E-state index contributed by atoms with van der Waals surface area (Å²) in [5, 5.41) is 10.5. The lowest BCUT2D eigenvalue weighted by Gasteiger charge is -2.02. The first kappa shape index (κ1) is 24.3. The van der Waals surface area contributed by atoms with Gasteiger partial charge in [0.2, 0.25) is 0 Å². The minimum atomic E-state index is 0.948. The maximum absolute atomic E-state index is 4.33. The molecule has 4 rings (SSSR count). The van der Waals surface area contributed by atoms with Gasteiger partial charge in [0.25, 0.3) is 0 Å². The van der Waals surface area contributed by atoms with Crippen LogP contribution in [0.5, 0.6) is 0 Å². The van der Waals surface area contributed by atoms with Crippen LogP contribution in [-0.4, -0.2) is 10.2 Å². The van der Waals surface area contributed by atoms with E-state index in [-0.39, 0.29) is 0 Å². The lowest BCUT2D eigenvalue weighted by Crippen LogP contribution is -1.79. The fourth-order valence-corrected chi connectivity index (χ4v) is 3.33. The van der Waals surface area contributed by atoms with Crippen molar-refractivity contribution in [3.05, 3.63) is 84.9 Å². The highest BCUT2D eigenvalue weighted by Gasteiger charge is 2.08. The van der Waals surface area contributed by atoms with Crippen LogP contribution in [0.3, 0.4) is 0 Å². The Morgan fingerprint density at radius 2 is 0.724 bits per heavy atom. The Kier molecular flexibility index (Phi) is 11.9. The van der Waals surface area contributed by atoms with Crippen molar-refractivity contribution in [1.29, 1.82) is 0 Å². The van der Waals surface area contributed by atoms with Crippen LogP contribution in [0.2, 0.25) is 0 Å². The van der Waals surface area contributed by atoms with Crippen molar-refractivity contribution >= 4 is 11.3 Å². The van der Waals surface area contributed by atoms with E-state index in [0.29, 0.717) is 0 Å². The molecule has 0 aliphatic rings. The normalized spacial score (nSPS) is 9.03. The van der Waals surface area contributed by atoms with E-state index in [1.165, 1.54) is 11.1 Å². The summed E-state index contributed by atoms with van der Waals surface area (Å²) in [5.74, 6) is 0. The van der Waals surface area contributed by atoms with Gasteiger partial charge in [-0.2, -0.15) is 0 Å². The topological polar surface area (TPSA) is 25.8 Å². The summed E-state index contributed by atoms with van der Waals surface area (Å²) < 4.78 is 0. The van der Waals surface area contributed by atoms with Gasteiger partial charge in [0.05, 0.1) is 0 Å². The SMILES string of the molecule is CC.CC.CC.c1ccc(-c2ccc(-c3nnc(-c4ccccc4)s3)cc2)cc1. The molecule has 1 heterocycles. The van der Waals surface area contributed by atoms with Crippen LogP contribution in [-0.2, 0) is 0 Å². The second-order valence-corrected chi connectivity index (χ2v) is 6.20. The molecule has 0 amide bonds. The largest absolute Gasteiger partial charge is 0.148 e.